The Balaban J connectivity index is 2.01. The first-order chi connectivity index (χ1) is 9.65. The molecule has 0 fully saturated rings. The second-order valence-electron chi connectivity index (χ2n) is 4.19. The van der Waals surface area contributed by atoms with Crippen LogP contribution in [0.25, 0.3) is 0 Å². The van der Waals surface area contributed by atoms with Crippen molar-refractivity contribution >= 4 is 17.3 Å². The van der Waals surface area contributed by atoms with Crippen molar-refractivity contribution in [3.8, 4) is 5.75 Å². The molecule has 0 saturated carbocycles. The van der Waals surface area contributed by atoms with E-state index in [1.54, 1.807) is 24.5 Å². The number of nitrogens with one attached hydrogen (secondary N) is 2. The van der Waals surface area contributed by atoms with Crippen LogP contribution in [0.3, 0.4) is 0 Å². The Hall–Kier alpha value is -2.76. The van der Waals surface area contributed by atoms with E-state index in [-0.39, 0.29) is 12.3 Å². The van der Waals surface area contributed by atoms with Crippen LogP contribution in [0.4, 0.5) is 11.4 Å². The molecule has 2 rings (SSSR count). The number of benzene rings is 1. The van der Waals surface area contributed by atoms with E-state index in [1.165, 1.54) is 6.07 Å². The van der Waals surface area contributed by atoms with E-state index in [4.69, 9.17) is 5.11 Å². The Bertz CT molecular complexity index is 587. The molecular weight excluding hydrogens is 258 g/mol. The first kappa shape index (κ1) is 13.7. The molecule has 4 N–H and O–H groups in total. The van der Waals surface area contributed by atoms with E-state index in [0.29, 0.717) is 12.2 Å². The Morgan fingerprint density at radius 2 is 2.10 bits per heavy atom. The monoisotopic (exact) mass is 273 g/mol. The van der Waals surface area contributed by atoms with Gasteiger partial charge in [0.1, 0.15) is 12.3 Å². The molecule has 0 saturated heterocycles. The fraction of sp³-hybridized carbons (Fsp3) is 0.143. The van der Waals surface area contributed by atoms with E-state index in [0.717, 1.165) is 11.3 Å². The number of phenols is 1. The Kier molecular flexibility index (Phi) is 4.39. The summed E-state index contributed by atoms with van der Waals surface area (Å²) >= 11 is 0. The lowest BCUT2D eigenvalue weighted by atomic mass is 10.2. The summed E-state index contributed by atoms with van der Waals surface area (Å²) < 4.78 is 0. The SMILES string of the molecule is O=C(O)CNc1cc(NCc2cccnc2)ccc1O. The normalized spacial score (nSPS) is 10.0. The number of phenolic OH excluding ortho intramolecular Hbond substituents is 1. The molecule has 0 aliphatic carbocycles. The number of hydrogen-bond donors (Lipinski definition) is 4. The quantitative estimate of drug-likeness (QED) is 0.474. The summed E-state index contributed by atoms with van der Waals surface area (Å²) in [6, 6.07) is 8.69. The lowest BCUT2D eigenvalue weighted by Gasteiger charge is -2.10. The van der Waals surface area contributed by atoms with Crippen LogP contribution in [-0.2, 0) is 11.3 Å². The summed E-state index contributed by atoms with van der Waals surface area (Å²) in [5, 5.41) is 24.1. The molecule has 1 aromatic carbocycles. The number of hydrogen-bond acceptors (Lipinski definition) is 5. The van der Waals surface area contributed by atoms with Gasteiger partial charge in [-0.05, 0) is 29.8 Å². The standard InChI is InChI=1S/C14H15N3O3/c18-13-4-3-11(6-12(13)17-9-14(19)20)16-8-10-2-1-5-15-7-10/h1-7,16-18H,8-9H2,(H,19,20). The molecule has 0 aliphatic heterocycles. The van der Waals surface area contributed by atoms with Crippen molar-refractivity contribution in [2.75, 3.05) is 17.2 Å². The van der Waals surface area contributed by atoms with Gasteiger partial charge in [-0.25, -0.2) is 0 Å². The topological polar surface area (TPSA) is 94.5 Å². The highest BCUT2D eigenvalue weighted by molar-refractivity contribution is 5.75. The van der Waals surface area contributed by atoms with Gasteiger partial charge in [0.25, 0.3) is 0 Å². The molecule has 0 unspecified atom stereocenters. The third kappa shape index (κ3) is 3.88. The number of anilines is 2. The largest absolute Gasteiger partial charge is 0.506 e. The maximum atomic E-state index is 10.5. The number of aromatic hydroxyl groups is 1. The predicted octanol–water partition coefficient (Wildman–Crippen LogP) is 1.90. The number of aromatic nitrogens is 1. The first-order valence-corrected chi connectivity index (χ1v) is 6.06. The van der Waals surface area contributed by atoms with E-state index in [9.17, 15) is 9.90 Å². The molecule has 2 aromatic rings. The van der Waals surface area contributed by atoms with Gasteiger partial charge < -0.3 is 20.8 Å². The average molecular weight is 273 g/mol. The molecule has 20 heavy (non-hydrogen) atoms. The number of carboxylic acids is 1. The van der Waals surface area contributed by atoms with Crippen molar-refractivity contribution in [2.24, 2.45) is 0 Å². The molecule has 104 valence electrons. The smallest absolute Gasteiger partial charge is 0.322 e. The Morgan fingerprint density at radius 1 is 1.25 bits per heavy atom. The van der Waals surface area contributed by atoms with Crippen molar-refractivity contribution in [2.45, 2.75) is 6.54 Å². The summed E-state index contributed by atoms with van der Waals surface area (Å²) in [4.78, 5) is 14.5. The van der Waals surface area contributed by atoms with Gasteiger partial charge in [0, 0.05) is 24.6 Å². The fourth-order valence-corrected chi connectivity index (χ4v) is 1.67. The van der Waals surface area contributed by atoms with Crippen LogP contribution in [-0.4, -0.2) is 27.7 Å². The molecule has 0 spiro atoms. The minimum absolute atomic E-state index is 0.0122. The first-order valence-electron chi connectivity index (χ1n) is 6.06. The lowest BCUT2D eigenvalue weighted by Crippen LogP contribution is -2.12. The minimum atomic E-state index is -0.988. The van der Waals surface area contributed by atoms with Crippen molar-refractivity contribution in [1.29, 1.82) is 0 Å². The van der Waals surface area contributed by atoms with Crippen molar-refractivity contribution < 1.29 is 15.0 Å². The van der Waals surface area contributed by atoms with Gasteiger partial charge >= 0.3 is 5.97 Å². The van der Waals surface area contributed by atoms with Crippen LogP contribution < -0.4 is 10.6 Å². The molecule has 0 aliphatic rings. The maximum absolute atomic E-state index is 10.5. The third-order valence-corrected chi connectivity index (χ3v) is 2.65. The summed E-state index contributed by atoms with van der Waals surface area (Å²) in [5.41, 5.74) is 2.18. The minimum Gasteiger partial charge on any atom is -0.506 e. The van der Waals surface area contributed by atoms with Gasteiger partial charge in [-0.15, -0.1) is 0 Å². The van der Waals surface area contributed by atoms with Crippen LogP contribution in [0.2, 0.25) is 0 Å². The Labute approximate surface area is 116 Å². The van der Waals surface area contributed by atoms with Gasteiger partial charge in [0.05, 0.1) is 5.69 Å². The van der Waals surface area contributed by atoms with Gasteiger partial charge in [0.15, 0.2) is 0 Å². The zero-order valence-electron chi connectivity index (χ0n) is 10.7. The second-order valence-corrected chi connectivity index (χ2v) is 4.19. The van der Waals surface area contributed by atoms with Crippen molar-refractivity contribution in [3.63, 3.8) is 0 Å². The van der Waals surface area contributed by atoms with Crippen LogP contribution in [0.15, 0.2) is 42.7 Å². The summed E-state index contributed by atoms with van der Waals surface area (Å²) in [6.07, 6.45) is 3.47. The summed E-state index contributed by atoms with van der Waals surface area (Å²) in [5.74, 6) is -0.976. The van der Waals surface area contributed by atoms with Gasteiger partial charge in [-0.2, -0.15) is 0 Å². The van der Waals surface area contributed by atoms with E-state index >= 15 is 0 Å². The number of pyridine rings is 1. The van der Waals surface area contributed by atoms with Gasteiger partial charge in [0.2, 0.25) is 0 Å². The van der Waals surface area contributed by atoms with E-state index < -0.39 is 5.97 Å². The second kappa shape index (κ2) is 6.42. The van der Waals surface area contributed by atoms with Crippen LogP contribution in [0, 0.1) is 0 Å². The van der Waals surface area contributed by atoms with Crippen LogP contribution in [0.1, 0.15) is 5.56 Å². The maximum Gasteiger partial charge on any atom is 0.322 e. The number of carbonyl (C=O) groups is 1. The predicted molar refractivity (Wildman–Crippen MR) is 75.8 cm³/mol. The third-order valence-electron chi connectivity index (χ3n) is 2.65. The number of carboxylic acid groups (broad SMARTS) is 1. The molecule has 0 bridgehead atoms. The molecule has 6 heteroatoms. The number of rotatable bonds is 6. The molecule has 1 aromatic heterocycles. The fourth-order valence-electron chi connectivity index (χ4n) is 1.67. The lowest BCUT2D eigenvalue weighted by molar-refractivity contribution is -0.134. The average Bonchev–Trinajstić information content (AvgIpc) is 2.46. The van der Waals surface area contributed by atoms with Crippen molar-refractivity contribution in [1.82, 2.24) is 4.98 Å². The van der Waals surface area contributed by atoms with Crippen LogP contribution in [0.5, 0.6) is 5.75 Å². The van der Waals surface area contributed by atoms with E-state index in [2.05, 4.69) is 15.6 Å². The Morgan fingerprint density at radius 3 is 2.80 bits per heavy atom. The van der Waals surface area contributed by atoms with Gasteiger partial charge in [-0.1, -0.05) is 6.07 Å². The van der Waals surface area contributed by atoms with E-state index in [1.807, 2.05) is 12.1 Å². The van der Waals surface area contributed by atoms with Crippen LogP contribution >= 0.6 is 0 Å². The summed E-state index contributed by atoms with van der Waals surface area (Å²) in [6.45, 7) is 0.344. The molecule has 6 nitrogen and oxygen atoms in total. The molecule has 0 atom stereocenters. The molecule has 0 radical (unpaired) electrons. The summed E-state index contributed by atoms with van der Waals surface area (Å²) in [7, 11) is 0. The molecular formula is C14H15N3O3. The number of aliphatic carboxylic acids is 1. The number of nitrogens with zero attached hydrogens (tertiary/aromatic N) is 1. The highest BCUT2D eigenvalue weighted by Crippen LogP contribution is 2.26. The highest BCUT2D eigenvalue weighted by Gasteiger charge is 2.04. The molecule has 1 heterocycles. The zero-order valence-corrected chi connectivity index (χ0v) is 10.7. The zero-order chi connectivity index (χ0) is 14.4. The van der Waals surface area contributed by atoms with Gasteiger partial charge in [-0.3, -0.25) is 9.78 Å². The highest BCUT2D eigenvalue weighted by atomic mass is 16.4. The molecule has 0 amide bonds. The van der Waals surface area contributed by atoms with Crippen molar-refractivity contribution in [3.05, 3.63) is 48.3 Å².